The molecule has 42 heavy (non-hydrogen) atoms. The van der Waals surface area contributed by atoms with Crippen molar-refractivity contribution in [1.82, 2.24) is 14.9 Å². The molecule has 0 radical (unpaired) electrons. The Labute approximate surface area is 254 Å². The van der Waals surface area contributed by atoms with E-state index in [0.29, 0.717) is 34.6 Å². The zero-order valence-corrected chi connectivity index (χ0v) is 25.6. The van der Waals surface area contributed by atoms with E-state index in [-0.39, 0.29) is 18.4 Å². The van der Waals surface area contributed by atoms with Crippen LogP contribution in [0, 0.1) is 0 Å². The maximum atomic E-state index is 14.3. The fourth-order valence-electron chi connectivity index (χ4n) is 6.05. The lowest BCUT2D eigenvalue weighted by atomic mass is 9.76. The van der Waals surface area contributed by atoms with Crippen molar-refractivity contribution in [1.29, 1.82) is 0 Å². The lowest BCUT2D eigenvalue weighted by molar-refractivity contribution is -0.124. The van der Waals surface area contributed by atoms with Crippen LogP contribution in [0.5, 0.6) is 0 Å². The fraction of sp³-hybridized carbons (Fsp3) is 0.367. The van der Waals surface area contributed by atoms with Crippen molar-refractivity contribution in [2.45, 2.75) is 56.3 Å². The lowest BCUT2D eigenvalue weighted by Crippen LogP contribution is -2.59. The van der Waals surface area contributed by atoms with E-state index in [4.69, 9.17) is 16.3 Å². The summed E-state index contributed by atoms with van der Waals surface area (Å²) in [5, 5.41) is 5.22. The molecule has 1 saturated carbocycles. The SMILES string of the molecule is COC(=O)c1csc(CNC(=O)[C@@H]2c3ccccc3C(=O)N(C3CCCC[C@@H]3NS(C)(=O)=O)[C@H]2c2ccc(Cl)cc2)c1. The number of fused-ring (bicyclic) bond motifs is 1. The van der Waals surface area contributed by atoms with E-state index < -0.39 is 40.0 Å². The number of carbonyl (C=O) groups excluding carboxylic acids is 3. The normalized spacial score (nSPS) is 22.4. The number of hydrogen-bond acceptors (Lipinski definition) is 7. The largest absolute Gasteiger partial charge is 0.465 e. The quantitative estimate of drug-likeness (QED) is 0.350. The van der Waals surface area contributed by atoms with Crippen LogP contribution in [0.25, 0.3) is 0 Å². The van der Waals surface area contributed by atoms with E-state index >= 15 is 0 Å². The zero-order chi connectivity index (χ0) is 30.0. The molecule has 0 bridgehead atoms. The van der Waals surface area contributed by atoms with Crippen LogP contribution in [0.2, 0.25) is 5.02 Å². The number of thiophene rings is 1. The molecule has 0 saturated heterocycles. The highest BCUT2D eigenvalue weighted by Gasteiger charge is 2.48. The minimum Gasteiger partial charge on any atom is -0.465 e. The molecule has 9 nitrogen and oxygen atoms in total. The Morgan fingerprint density at radius 2 is 1.81 bits per heavy atom. The minimum atomic E-state index is -3.55. The predicted molar refractivity (Wildman–Crippen MR) is 161 cm³/mol. The summed E-state index contributed by atoms with van der Waals surface area (Å²) in [5.74, 6) is -1.79. The second-order valence-corrected chi connectivity index (χ2v) is 13.8. The molecule has 2 aliphatic rings. The molecule has 1 unspecified atom stereocenters. The van der Waals surface area contributed by atoms with E-state index in [9.17, 15) is 22.8 Å². The number of nitrogens with one attached hydrogen (secondary N) is 2. The minimum absolute atomic E-state index is 0.183. The average molecular weight is 630 g/mol. The molecule has 1 fully saturated rings. The molecular formula is C30H32ClN3O6S2. The average Bonchev–Trinajstić information content (AvgIpc) is 3.45. The smallest absolute Gasteiger partial charge is 0.338 e. The molecule has 0 spiro atoms. The summed E-state index contributed by atoms with van der Waals surface area (Å²) in [4.78, 5) is 42.8. The van der Waals surface area contributed by atoms with Crippen molar-refractivity contribution in [2.75, 3.05) is 13.4 Å². The molecule has 4 atom stereocenters. The number of sulfonamides is 1. The van der Waals surface area contributed by atoms with E-state index in [1.807, 2.05) is 12.1 Å². The zero-order valence-electron chi connectivity index (χ0n) is 23.2. The predicted octanol–water partition coefficient (Wildman–Crippen LogP) is 4.65. The van der Waals surface area contributed by atoms with Gasteiger partial charge in [-0.05, 0) is 48.2 Å². The molecule has 1 aromatic heterocycles. The van der Waals surface area contributed by atoms with Gasteiger partial charge in [-0.2, -0.15) is 0 Å². The number of ether oxygens (including phenoxy) is 1. The summed E-state index contributed by atoms with van der Waals surface area (Å²) in [6.45, 7) is 0.183. The molecule has 2 amide bonds. The monoisotopic (exact) mass is 629 g/mol. The highest BCUT2D eigenvalue weighted by atomic mass is 35.5. The second-order valence-electron chi connectivity index (χ2n) is 10.6. The third-order valence-electron chi connectivity index (χ3n) is 7.83. The first kappa shape index (κ1) is 30.2. The summed E-state index contributed by atoms with van der Waals surface area (Å²) >= 11 is 7.56. The summed E-state index contributed by atoms with van der Waals surface area (Å²) < 4.78 is 32.2. The number of methoxy groups -OCH3 is 1. The first-order chi connectivity index (χ1) is 20.1. The third-order valence-corrected chi connectivity index (χ3v) is 9.75. The van der Waals surface area contributed by atoms with E-state index in [1.54, 1.807) is 52.7 Å². The lowest BCUT2D eigenvalue weighted by Gasteiger charge is -2.49. The van der Waals surface area contributed by atoms with E-state index in [1.165, 1.54) is 18.4 Å². The van der Waals surface area contributed by atoms with Crippen molar-refractivity contribution in [3.63, 3.8) is 0 Å². The molecule has 1 aliphatic carbocycles. The highest BCUT2D eigenvalue weighted by Crippen LogP contribution is 2.46. The topological polar surface area (TPSA) is 122 Å². The Kier molecular flexibility index (Phi) is 9.03. The van der Waals surface area contributed by atoms with Crippen molar-refractivity contribution < 1.29 is 27.5 Å². The molecule has 3 aromatic rings. The number of benzene rings is 2. The first-order valence-electron chi connectivity index (χ1n) is 13.6. The molecule has 2 aromatic carbocycles. The van der Waals surface area contributed by atoms with Crippen LogP contribution in [0.1, 0.15) is 74.4 Å². The van der Waals surface area contributed by atoms with Gasteiger partial charge in [0.15, 0.2) is 0 Å². The van der Waals surface area contributed by atoms with Gasteiger partial charge in [0, 0.05) is 32.9 Å². The van der Waals surface area contributed by atoms with Crippen LogP contribution < -0.4 is 10.0 Å². The Balaban J connectivity index is 1.57. The number of amides is 2. The van der Waals surface area contributed by atoms with Crippen LogP contribution >= 0.6 is 22.9 Å². The van der Waals surface area contributed by atoms with Gasteiger partial charge in [0.2, 0.25) is 15.9 Å². The van der Waals surface area contributed by atoms with Gasteiger partial charge in [0.1, 0.15) is 0 Å². The van der Waals surface area contributed by atoms with Gasteiger partial charge in [-0.15, -0.1) is 11.3 Å². The molecule has 2 N–H and O–H groups in total. The van der Waals surface area contributed by atoms with Crippen LogP contribution in [-0.4, -0.2) is 56.6 Å². The number of carbonyl (C=O) groups is 3. The van der Waals surface area contributed by atoms with Crippen LogP contribution in [-0.2, 0) is 26.1 Å². The van der Waals surface area contributed by atoms with Crippen molar-refractivity contribution in [3.05, 3.63) is 92.1 Å². The maximum absolute atomic E-state index is 14.3. The summed E-state index contributed by atoms with van der Waals surface area (Å²) in [6.07, 6.45) is 3.93. The van der Waals surface area contributed by atoms with Crippen molar-refractivity contribution in [2.24, 2.45) is 0 Å². The maximum Gasteiger partial charge on any atom is 0.338 e. The van der Waals surface area contributed by atoms with Gasteiger partial charge in [0.25, 0.3) is 5.91 Å². The standard InChI is InChI=1S/C30H32ClN3O6S2/c1-40-30(37)19-15-21(41-17-19)16-32-28(35)26-22-7-3-4-8-23(22)29(36)34(27(26)18-11-13-20(31)14-12-18)25-10-6-5-9-24(25)33-42(2,38)39/h3-4,7-8,11-15,17,24-27,33H,5-6,9-10,16H2,1-2H3,(H,32,35)/t24-,25?,26+,27-/m0/s1. The Morgan fingerprint density at radius 3 is 2.52 bits per heavy atom. The summed E-state index contributed by atoms with van der Waals surface area (Å²) in [5.41, 5.74) is 2.14. The van der Waals surface area contributed by atoms with E-state index in [2.05, 4.69) is 10.0 Å². The fourth-order valence-corrected chi connectivity index (χ4v) is 7.80. The van der Waals surface area contributed by atoms with Crippen molar-refractivity contribution in [3.8, 4) is 0 Å². The van der Waals surface area contributed by atoms with Gasteiger partial charge >= 0.3 is 5.97 Å². The molecule has 12 heteroatoms. The Morgan fingerprint density at radius 1 is 1.10 bits per heavy atom. The molecule has 222 valence electrons. The molecule has 5 rings (SSSR count). The second kappa shape index (κ2) is 12.5. The third kappa shape index (κ3) is 6.39. The molecular weight excluding hydrogens is 598 g/mol. The number of hydrogen-bond donors (Lipinski definition) is 2. The first-order valence-corrected chi connectivity index (χ1v) is 16.8. The van der Waals surface area contributed by atoms with Crippen LogP contribution in [0.4, 0.5) is 0 Å². The Hall–Kier alpha value is -3.25. The summed E-state index contributed by atoms with van der Waals surface area (Å²) in [7, 11) is -2.24. The van der Waals surface area contributed by atoms with Gasteiger partial charge in [0.05, 0.1) is 37.4 Å². The number of halogens is 1. The number of rotatable bonds is 8. The van der Waals surface area contributed by atoms with Crippen molar-refractivity contribution >= 4 is 50.7 Å². The van der Waals surface area contributed by atoms with E-state index in [0.717, 1.165) is 29.5 Å². The van der Waals surface area contributed by atoms with Gasteiger partial charge in [-0.1, -0.05) is 54.8 Å². The highest BCUT2D eigenvalue weighted by molar-refractivity contribution is 7.88. The number of nitrogens with zero attached hydrogens (tertiary/aromatic N) is 1. The molecule has 1 aliphatic heterocycles. The van der Waals surface area contributed by atoms with Crippen LogP contribution in [0.15, 0.2) is 60.0 Å². The molecule has 2 heterocycles. The summed E-state index contributed by atoms with van der Waals surface area (Å²) in [6, 6.07) is 14.2. The van der Waals surface area contributed by atoms with Gasteiger partial charge < -0.3 is 15.0 Å². The van der Waals surface area contributed by atoms with Gasteiger partial charge in [-0.25, -0.2) is 17.9 Å². The number of esters is 1. The van der Waals surface area contributed by atoms with Gasteiger partial charge in [-0.3, -0.25) is 9.59 Å². The Bertz CT molecular complexity index is 1590. The van der Waals surface area contributed by atoms with Crippen LogP contribution in [0.3, 0.4) is 0 Å².